The number of carbonyl (C=O) groups is 2. The molecule has 0 saturated carbocycles. The number of aryl methyl sites for hydroxylation is 1. The highest BCUT2D eigenvalue weighted by Crippen LogP contribution is 2.11. The quantitative estimate of drug-likeness (QED) is 0.805. The van der Waals surface area contributed by atoms with Gasteiger partial charge < -0.3 is 15.2 Å². The number of hydrogen-bond donors (Lipinski definition) is 2. The van der Waals surface area contributed by atoms with Gasteiger partial charge in [0.05, 0.1) is 12.2 Å². The summed E-state index contributed by atoms with van der Waals surface area (Å²) in [4.78, 5) is 25.3. The third kappa shape index (κ3) is 3.80. The number of likely N-dealkylation sites (tertiary alicyclic amines) is 1. The van der Waals surface area contributed by atoms with E-state index < -0.39 is 0 Å². The van der Waals surface area contributed by atoms with E-state index in [1.165, 1.54) is 0 Å². The molecule has 0 aromatic carbocycles. The molecule has 2 N–H and O–H groups in total. The van der Waals surface area contributed by atoms with Crippen LogP contribution in [-0.2, 0) is 4.79 Å². The van der Waals surface area contributed by atoms with E-state index in [0.29, 0.717) is 12.2 Å². The number of nitrogens with zero attached hydrogens (tertiary/aromatic N) is 2. The standard InChI is InChI=1S/C13H20N4O3/c1-9-7-11(20-16-9)13(19)15-10-3-5-17(6-4-10)8-12(18)14-2/h7,10H,3-6,8H2,1-2H3,(H,14,18)(H,15,19). The minimum absolute atomic E-state index is 0.0182. The molecule has 20 heavy (non-hydrogen) atoms. The largest absolute Gasteiger partial charge is 0.358 e. The average molecular weight is 280 g/mol. The van der Waals surface area contributed by atoms with Crippen LogP contribution in [0.5, 0.6) is 0 Å². The minimum atomic E-state index is -0.227. The molecule has 1 aromatic heterocycles. The maximum Gasteiger partial charge on any atom is 0.290 e. The number of likely N-dealkylation sites (N-methyl/N-ethyl adjacent to an activating group) is 1. The Labute approximate surface area is 117 Å². The van der Waals surface area contributed by atoms with Gasteiger partial charge in [-0.05, 0) is 19.8 Å². The first-order chi connectivity index (χ1) is 9.58. The molecule has 2 heterocycles. The van der Waals surface area contributed by atoms with Gasteiger partial charge in [0.25, 0.3) is 5.91 Å². The van der Waals surface area contributed by atoms with Crippen molar-refractivity contribution in [3.63, 3.8) is 0 Å². The Morgan fingerprint density at radius 1 is 1.45 bits per heavy atom. The van der Waals surface area contributed by atoms with Gasteiger partial charge >= 0.3 is 0 Å². The highest BCUT2D eigenvalue weighted by molar-refractivity contribution is 5.91. The number of amides is 2. The number of aromatic nitrogens is 1. The fraction of sp³-hybridized carbons (Fsp3) is 0.615. The summed E-state index contributed by atoms with van der Waals surface area (Å²) in [5.41, 5.74) is 0.690. The van der Waals surface area contributed by atoms with Crippen molar-refractivity contribution in [3.8, 4) is 0 Å². The summed E-state index contributed by atoms with van der Waals surface area (Å²) in [6, 6.07) is 1.74. The van der Waals surface area contributed by atoms with Gasteiger partial charge in [-0.25, -0.2) is 0 Å². The molecule has 0 atom stereocenters. The lowest BCUT2D eigenvalue weighted by molar-refractivity contribution is -0.122. The summed E-state index contributed by atoms with van der Waals surface area (Å²) in [6.07, 6.45) is 1.66. The van der Waals surface area contributed by atoms with E-state index in [0.717, 1.165) is 25.9 Å². The molecule has 1 saturated heterocycles. The van der Waals surface area contributed by atoms with Crippen molar-refractivity contribution in [2.75, 3.05) is 26.7 Å². The Balaban J connectivity index is 1.77. The van der Waals surface area contributed by atoms with Crippen molar-refractivity contribution in [1.82, 2.24) is 20.7 Å². The molecule has 0 radical (unpaired) electrons. The Morgan fingerprint density at radius 2 is 2.15 bits per heavy atom. The average Bonchev–Trinajstić information content (AvgIpc) is 2.87. The number of hydrogen-bond acceptors (Lipinski definition) is 5. The first kappa shape index (κ1) is 14.5. The SMILES string of the molecule is CNC(=O)CN1CCC(NC(=O)c2cc(C)no2)CC1. The van der Waals surface area contributed by atoms with Crippen molar-refractivity contribution in [2.24, 2.45) is 0 Å². The van der Waals surface area contributed by atoms with Crippen LogP contribution in [0.1, 0.15) is 29.1 Å². The second-order valence-electron chi connectivity index (χ2n) is 5.03. The van der Waals surface area contributed by atoms with Crippen LogP contribution in [-0.4, -0.2) is 54.6 Å². The molecule has 7 heteroatoms. The number of rotatable bonds is 4. The van der Waals surface area contributed by atoms with Crippen molar-refractivity contribution in [1.29, 1.82) is 0 Å². The molecule has 7 nitrogen and oxygen atoms in total. The van der Waals surface area contributed by atoms with E-state index in [1.54, 1.807) is 20.0 Å². The summed E-state index contributed by atoms with van der Waals surface area (Å²) in [5, 5.41) is 9.24. The zero-order chi connectivity index (χ0) is 14.5. The molecule has 2 rings (SSSR count). The lowest BCUT2D eigenvalue weighted by atomic mass is 10.0. The van der Waals surface area contributed by atoms with Crippen LogP contribution in [0.25, 0.3) is 0 Å². The summed E-state index contributed by atoms with van der Waals surface area (Å²) >= 11 is 0. The normalized spacial score (nSPS) is 16.9. The van der Waals surface area contributed by atoms with Gasteiger partial charge in [0, 0.05) is 32.2 Å². The van der Waals surface area contributed by atoms with E-state index in [4.69, 9.17) is 4.52 Å². The monoisotopic (exact) mass is 280 g/mol. The molecule has 1 aromatic rings. The summed E-state index contributed by atoms with van der Waals surface area (Å²) in [6.45, 7) is 3.79. The fourth-order valence-corrected chi connectivity index (χ4v) is 2.24. The van der Waals surface area contributed by atoms with Crippen molar-refractivity contribution in [3.05, 3.63) is 17.5 Å². The van der Waals surface area contributed by atoms with Crippen LogP contribution in [0.4, 0.5) is 0 Å². The second kappa shape index (κ2) is 6.51. The van der Waals surface area contributed by atoms with E-state index in [-0.39, 0.29) is 23.6 Å². The van der Waals surface area contributed by atoms with Gasteiger partial charge in [-0.15, -0.1) is 0 Å². The molecule has 2 amide bonds. The van der Waals surface area contributed by atoms with Crippen molar-refractivity contribution in [2.45, 2.75) is 25.8 Å². The molecular weight excluding hydrogens is 260 g/mol. The van der Waals surface area contributed by atoms with Gasteiger partial charge in [-0.3, -0.25) is 14.5 Å². The Morgan fingerprint density at radius 3 is 2.70 bits per heavy atom. The first-order valence-corrected chi connectivity index (χ1v) is 6.75. The lowest BCUT2D eigenvalue weighted by Gasteiger charge is -2.31. The zero-order valence-electron chi connectivity index (χ0n) is 11.8. The van der Waals surface area contributed by atoms with Crippen LogP contribution < -0.4 is 10.6 Å². The Bertz CT molecular complexity index is 478. The molecule has 1 aliphatic heterocycles. The predicted octanol–water partition coefficient (Wildman–Crippen LogP) is -0.0768. The summed E-state index contributed by atoms with van der Waals surface area (Å²) < 4.78 is 4.93. The van der Waals surface area contributed by atoms with Gasteiger partial charge in [0.1, 0.15) is 0 Å². The highest BCUT2D eigenvalue weighted by atomic mass is 16.5. The van der Waals surface area contributed by atoms with Gasteiger partial charge in [-0.2, -0.15) is 0 Å². The molecule has 1 aliphatic rings. The van der Waals surface area contributed by atoms with Crippen LogP contribution in [0, 0.1) is 6.92 Å². The molecule has 0 unspecified atom stereocenters. The molecule has 0 aliphatic carbocycles. The Kier molecular flexibility index (Phi) is 4.73. The van der Waals surface area contributed by atoms with E-state index in [9.17, 15) is 9.59 Å². The van der Waals surface area contributed by atoms with Crippen molar-refractivity contribution < 1.29 is 14.1 Å². The van der Waals surface area contributed by atoms with Crippen LogP contribution >= 0.6 is 0 Å². The smallest absolute Gasteiger partial charge is 0.290 e. The number of piperidine rings is 1. The molecule has 110 valence electrons. The van der Waals surface area contributed by atoms with Gasteiger partial charge in [0.2, 0.25) is 11.7 Å². The highest BCUT2D eigenvalue weighted by Gasteiger charge is 2.23. The van der Waals surface area contributed by atoms with Crippen molar-refractivity contribution >= 4 is 11.8 Å². The summed E-state index contributed by atoms with van der Waals surface area (Å²) in [5.74, 6) is 0.0373. The van der Waals surface area contributed by atoms with Gasteiger partial charge in [-0.1, -0.05) is 5.16 Å². The van der Waals surface area contributed by atoms with Gasteiger partial charge in [0.15, 0.2) is 0 Å². The van der Waals surface area contributed by atoms with Crippen LogP contribution in [0.15, 0.2) is 10.6 Å². The first-order valence-electron chi connectivity index (χ1n) is 6.75. The van der Waals surface area contributed by atoms with E-state index in [2.05, 4.69) is 20.7 Å². The minimum Gasteiger partial charge on any atom is -0.358 e. The van der Waals surface area contributed by atoms with Crippen LogP contribution in [0.2, 0.25) is 0 Å². The molecular formula is C13H20N4O3. The zero-order valence-corrected chi connectivity index (χ0v) is 11.8. The third-order valence-corrected chi connectivity index (χ3v) is 3.42. The Hall–Kier alpha value is -1.89. The van der Waals surface area contributed by atoms with E-state index in [1.807, 2.05) is 0 Å². The predicted molar refractivity (Wildman–Crippen MR) is 72.2 cm³/mol. The maximum absolute atomic E-state index is 11.9. The lowest BCUT2D eigenvalue weighted by Crippen LogP contribution is -2.47. The topological polar surface area (TPSA) is 87.5 Å². The molecule has 0 bridgehead atoms. The van der Waals surface area contributed by atoms with E-state index >= 15 is 0 Å². The van der Waals surface area contributed by atoms with Crippen LogP contribution in [0.3, 0.4) is 0 Å². The second-order valence-corrected chi connectivity index (χ2v) is 5.03. The number of carbonyl (C=O) groups excluding carboxylic acids is 2. The fourth-order valence-electron chi connectivity index (χ4n) is 2.24. The third-order valence-electron chi connectivity index (χ3n) is 3.42. The maximum atomic E-state index is 11.9. The number of nitrogens with one attached hydrogen (secondary N) is 2. The molecule has 1 fully saturated rings. The molecule has 0 spiro atoms. The summed E-state index contributed by atoms with van der Waals surface area (Å²) in [7, 11) is 1.63.